The van der Waals surface area contributed by atoms with Crippen molar-refractivity contribution < 1.29 is 0 Å². The molecule has 1 atom stereocenters. The number of nitrogens with zero attached hydrogens (tertiary/aromatic N) is 1. The lowest BCUT2D eigenvalue weighted by molar-refractivity contribution is 0.212. The van der Waals surface area contributed by atoms with Crippen LogP contribution in [0, 0.1) is 5.92 Å². The Morgan fingerprint density at radius 1 is 1.29 bits per heavy atom. The highest BCUT2D eigenvalue weighted by Gasteiger charge is 2.20. The first-order chi connectivity index (χ1) is 6.63. The molecule has 0 radical (unpaired) electrons. The van der Waals surface area contributed by atoms with Crippen LogP contribution in [-0.2, 0) is 0 Å². The van der Waals surface area contributed by atoms with Gasteiger partial charge in [0, 0.05) is 12.1 Å². The molecular formula is C12H26N2. The molecular weight excluding hydrogens is 172 g/mol. The minimum absolute atomic E-state index is 0.711. The molecule has 1 fully saturated rings. The molecule has 0 spiro atoms. The fourth-order valence-electron chi connectivity index (χ4n) is 2.26. The monoisotopic (exact) mass is 198 g/mol. The van der Waals surface area contributed by atoms with Crippen molar-refractivity contribution in [3.8, 4) is 0 Å². The van der Waals surface area contributed by atoms with E-state index in [2.05, 4.69) is 38.0 Å². The molecule has 0 saturated carbocycles. The first kappa shape index (κ1) is 12.0. The van der Waals surface area contributed by atoms with Gasteiger partial charge in [0.05, 0.1) is 0 Å². The Hall–Kier alpha value is -0.0800. The van der Waals surface area contributed by atoms with E-state index in [9.17, 15) is 0 Å². The summed E-state index contributed by atoms with van der Waals surface area (Å²) in [4.78, 5) is 2.43. The molecule has 84 valence electrons. The summed E-state index contributed by atoms with van der Waals surface area (Å²) in [5.41, 5.74) is 0. The van der Waals surface area contributed by atoms with Crippen LogP contribution in [0.1, 0.15) is 40.0 Å². The molecule has 1 aliphatic rings. The van der Waals surface area contributed by atoms with Gasteiger partial charge in [0.2, 0.25) is 0 Å². The van der Waals surface area contributed by atoms with Gasteiger partial charge in [-0.05, 0) is 45.3 Å². The number of nitrogens with one attached hydrogen (secondary N) is 1. The van der Waals surface area contributed by atoms with Crippen LogP contribution >= 0.6 is 0 Å². The van der Waals surface area contributed by atoms with Crippen molar-refractivity contribution in [3.63, 3.8) is 0 Å². The topological polar surface area (TPSA) is 15.3 Å². The molecule has 0 aliphatic carbocycles. The summed E-state index contributed by atoms with van der Waals surface area (Å²) in [6.45, 7) is 9.43. The fourth-order valence-corrected chi connectivity index (χ4v) is 2.26. The van der Waals surface area contributed by atoms with Crippen molar-refractivity contribution in [1.82, 2.24) is 10.2 Å². The van der Waals surface area contributed by atoms with Crippen LogP contribution in [0.5, 0.6) is 0 Å². The maximum Gasteiger partial charge on any atom is 0.00941 e. The minimum Gasteiger partial charge on any atom is -0.311 e. The van der Waals surface area contributed by atoms with Crippen molar-refractivity contribution in [3.05, 3.63) is 0 Å². The van der Waals surface area contributed by atoms with E-state index < -0.39 is 0 Å². The first-order valence-electron chi connectivity index (χ1n) is 6.08. The number of piperidine rings is 1. The zero-order valence-electron chi connectivity index (χ0n) is 10.2. The summed E-state index contributed by atoms with van der Waals surface area (Å²) in [6, 6.07) is 1.47. The van der Waals surface area contributed by atoms with Gasteiger partial charge in [-0.15, -0.1) is 0 Å². The van der Waals surface area contributed by atoms with Crippen molar-refractivity contribution in [2.24, 2.45) is 5.92 Å². The van der Waals surface area contributed by atoms with Gasteiger partial charge in [-0.3, -0.25) is 0 Å². The number of hydrogen-bond acceptors (Lipinski definition) is 2. The van der Waals surface area contributed by atoms with Gasteiger partial charge >= 0.3 is 0 Å². The molecule has 0 bridgehead atoms. The molecule has 2 heteroatoms. The largest absolute Gasteiger partial charge is 0.311 e. The minimum atomic E-state index is 0.711. The van der Waals surface area contributed by atoms with Crippen LogP contribution in [0.25, 0.3) is 0 Å². The third kappa shape index (κ3) is 3.58. The summed E-state index contributed by atoms with van der Waals surface area (Å²) in [6.07, 6.45) is 3.89. The Morgan fingerprint density at radius 3 is 2.29 bits per heavy atom. The van der Waals surface area contributed by atoms with E-state index in [-0.39, 0.29) is 0 Å². The Labute approximate surface area is 89.1 Å². The van der Waals surface area contributed by atoms with Gasteiger partial charge in [0.15, 0.2) is 0 Å². The summed E-state index contributed by atoms with van der Waals surface area (Å²) in [7, 11) is 2.22. The highest BCUT2D eigenvalue weighted by Crippen LogP contribution is 2.13. The molecule has 0 amide bonds. The van der Waals surface area contributed by atoms with E-state index >= 15 is 0 Å². The van der Waals surface area contributed by atoms with Crippen LogP contribution in [0.4, 0.5) is 0 Å². The van der Waals surface area contributed by atoms with Gasteiger partial charge in [0.1, 0.15) is 0 Å². The predicted molar refractivity (Wildman–Crippen MR) is 62.6 cm³/mol. The van der Waals surface area contributed by atoms with Gasteiger partial charge in [-0.1, -0.05) is 20.8 Å². The third-order valence-corrected chi connectivity index (χ3v) is 3.41. The van der Waals surface area contributed by atoms with Crippen LogP contribution < -0.4 is 5.32 Å². The fraction of sp³-hybridized carbons (Fsp3) is 1.00. The summed E-state index contributed by atoms with van der Waals surface area (Å²) in [5, 5.41) is 3.80. The second-order valence-electron chi connectivity index (χ2n) is 5.00. The van der Waals surface area contributed by atoms with Crippen molar-refractivity contribution in [2.45, 2.75) is 52.1 Å². The number of rotatable bonds is 4. The standard InChI is InChI=1S/C12H26N2/c1-5-12(10(2)3)13-11-6-8-14(4)9-7-11/h10-13H,5-9H2,1-4H3. The van der Waals surface area contributed by atoms with Gasteiger partial charge in [-0.25, -0.2) is 0 Å². The van der Waals surface area contributed by atoms with Crippen molar-refractivity contribution >= 4 is 0 Å². The average Bonchev–Trinajstić information content (AvgIpc) is 2.16. The molecule has 1 rings (SSSR count). The summed E-state index contributed by atoms with van der Waals surface area (Å²) in [5.74, 6) is 0.764. The first-order valence-corrected chi connectivity index (χ1v) is 6.08. The van der Waals surface area contributed by atoms with E-state index in [0.29, 0.717) is 6.04 Å². The van der Waals surface area contributed by atoms with Crippen molar-refractivity contribution in [1.29, 1.82) is 0 Å². The maximum atomic E-state index is 3.80. The predicted octanol–water partition coefficient (Wildman–Crippen LogP) is 2.10. The van der Waals surface area contributed by atoms with E-state index in [1.165, 1.54) is 32.4 Å². The van der Waals surface area contributed by atoms with Crippen LogP contribution in [0.2, 0.25) is 0 Å². The number of hydrogen-bond donors (Lipinski definition) is 1. The molecule has 2 nitrogen and oxygen atoms in total. The zero-order valence-corrected chi connectivity index (χ0v) is 10.2. The molecule has 0 aromatic rings. The Balaban J connectivity index is 2.29. The SMILES string of the molecule is CCC(NC1CCN(C)CC1)C(C)C. The van der Waals surface area contributed by atoms with Crippen LogP contribution in [0.15, 0.2) is 0 Å². The molecule has 14 heavy (non-hydrogen) atoms. The molecule has 1 heterocycles. The molecule has 1 N–H and O–H groups in total. The second kappa shape index (κ2) is 5.72. The van der Waals surface area contributed by atoms with Gasteiger partial charge in [0.25, 0.3) is 0 Å². The quantitative estimate of drug-likeness (QED) is 0.744. The van der Waals surface area contributed by atoms with Crippen LogP contribution in [-0.4, -0.2) is 37.1 Å². The van der Waals surface area contributed by atoms with E-state index in [4.69, 9.17) is 0 Å². The lowest BCUT2D eigenvalue weighted by Crippen LogP contribution is -2.46. The Morgan fingerprint density at radius 2 is 1.86 bits per heavy atom. The van der Waals surface area contributed by atoms with Crippen molar-refractivity contribution in [2.75, 3.05) is 20.1 Å². The summed E-state index contributed by atoms with van der Waals surface area (Å²) >= 11 is 0. The zero-order chi connectivity index (χ0) is 10.6. The van der Waals surface area contributed by atoms with E-state index in [1.807, 2.05) is 0 Å². The van der Waals surface area contributed by atoms with Gasteiger partial charge in [-0.2, -0.15) is 0 Å². The molecule has 0 aromatic heterocycles. The lowest BCUT2D eigenvalue weighted by atomic mass is 9.98. The molecule has 1 aliphatic heterocycles. The summed E-state index contributed by atoms with van der Waals surface area (Å²) < 4.78 is 0. The molecule has 1 saturated heterocycles. The lowest BCUT2D eigenvalue weighted by Gasteiger charge is -2.33. The maximum absolute atomic E-state index is 3.80. The third-order valence-electron chi connectivity index (χ3n) is 3.41. The average molecular weight is 198 g/mol. The Kier molecular flexibility index (Phi) is 4.90. The van der Waals surface area contributed by atoms with Crippen LogP contribution in [0.3, 0.4) is 0 Å². The molecule has 1 unspecified atom stereocenters. The molecule has 0 aromatic carbocycles. The normalized spacial score (nSPS) is 22.9. The van der Waals surface area contributed by atoms with E-state index in [0.717, 1.165) is 12.0 Å². The number of likely N-dealkylation sites (tertiary alicyclic amines) is 1. The smallest absolute Gasteiger partial charge is 0.00941 e. The highest BCUT2D eigenvalue weighted by atomic mass is 15.1. The van der Waals surface area contributed by atoms with E-state index in [1.54, 1.807) is 0 Å². The Bertz CT molecular complexity index is 148. The van der Waals surface area contributed by atoms with Gasteiger partial charge < -0.3 is 10.2 Å². The highest BCUT2D eigenvalue weighted by molar-refractivity contribution is 4.80. The second-order valence-corrected chi connectivity index (χ2v) is 5.00.